The Hall–Kier alpha value is -1.22. The number of rotatable bonds is 5. The van der Waals surface area contributed by atoms with Crippen molar-refractivity contribution in [2.24, 2.45) is 0 Å². The molecule has 0 aliphatic rings. The van der Waals surface area contributed by atoms with Crippen molar-refractivity contribution in [3.8, 4) is 0 Å². The van der Waals surface area contributed by atoms with E-state index in [-0.39, 0.29) is 6.10 Å². The SMILES string of the molecule is Cc1cccc(N)c1N(C)CCOC(C)C. The predicted molar refractivity (Wildman–Crippen MR) is 69.9 cm³/mol. The van der Waals surface area contributed by atoms with Crippen LogP contribution in [0.3, 0.4) is 0 Å². The third-order valence-electron chi connectivity index (χ3n) is 2.53. The summed E-state index contributed by atoms with van der Waals surface area (Å²) in [5.74, 6) is 0. The van der Waals surface area contributed by atoms with Crippen LogP contribution >= 0.6 is 0 Å². The highest BCUT2D eigenvalue weighted by molar-refractivity contribution is 5.70. The number of anilines is 2. The van der Waals surface area contributed by atoms with Crippen molar-refractivity contribution < 1.29 is 4.74 Å². The molecule has 1 aromatic rings. The van der Waals surface area contributed by atoms with E-state index in [1.54, 1.807) is 0 Å². The molecule has 0 radical (unpaired) electrons. The van der Waals surface area contributed by atoms with Crippen molar-refractivity contribution in [1.82, 2.24) is 0 Å². The molecule has 1 rings (SSSR count). The van der Waals surface area contributed by atoms with Crippen molar-refractivity contribution in [3.05, 3.63) is 23.8 Å². The van der Waals surface area contributed by atoms with E-state index in [1.807, 2.05) is 33.0 Å². The molecular weight excluding hydrogens is 200 g/mol. The van der Waals surface area contributed by atoms with Crippen LogP contribution in [-0.4, -0.2) is 26.3 Å². The van der Waals surface area contributed by atoms with Crippen LogP contribution in [0.5, 0.6) is 0 Å². The zero-order valence-electron chi connectivity index (χ0n) is 10.7. The fraction of sp³-hybridized carbons (Fsp3) is 0.538. The molecule has 0 saturated heterocycles. The van der Waals surface area contributed by atoms with Gasteiger partial charge in [-0.2, -0.15) is 0 Å². The quantitative estimate of drug-likeness (QED) is 0.778. The summed E-state index contributed by atoms with van der Waals surface area (Å²) in [6, 6.07) is 5.99. The minimum Gasteiger partial charge on any atom is -0.397 e. The second-order valence-electron chi connectivity index (χ2n) is 4.35. The maximum atomic E-state index is 5.97. The summed E-state index contributed by atoms with van der Waals surface area (Å²) in [5.41, 5.74) is 9.10. The number of nitrogen functional groups attached to an aromatic ring is 1. The van der Waals surface area contributed by atoms with E-state index >= 15 is 0 Å². The summed E-state index contributed by atoms with van der Waals surface area (Å²) >= 11 is 0. The van der Waals surface area contributed by atoms with E-state index in [0.717, 1.165) is 24.5 Å². The summed E-state index contributed by atoms with van der Waals surface area (Å²) in [5, 5.41) is 0. The number of para-hydroxylation sites is 1. The molecule has 3 heteroatoms. The first-order valence-corrected chi connectivity index (χ1v) is 5.70. The van der Waals surface area contributed by atoms with E-state index in [4.69, 9.17) is 10.5 Å². The molecule has 90 valence electrons. The van der Waals surface area contributed by atoms with Crippen LogP contribution in [0.2, 0.25) is 0 Å². The lowest BCUT2D eigenvalue weighted by molar-refractivity contribution is 0.0846. The highest BCUT2D eigenvalue weighted by Crippen LogP contribution is 2.25. The van der Waals surface area contributed by atoms with E-state index in [2.05, 4.69) is 17.9 Å². The molecular formula is C13H22N2O. The Bertz CT molecular complexity index is 316. The number of nitrogens with zero attached hydrogens (tertiary/aromatic N) is 1. The van der Waals surface area contributed by atoms with Crippen LogP contribution < -0.4 is 10.6 Å². The largest absolute Gasteiger partial charge is 0.397 e. The Morgan fingerprint density at radius 3 is 2.62 bits per heavy atom. The third kappa shape index (κ3) is 3.42. The predicted octanol–water partition coefficient (Wildman–Crippen LogP) is 2.44. The maximum absolute atomic E-state index is 5.97. The first kappa shape index (κ1) is 12.8. The van der Waals surface area contributed by atoms with Gasteiger partial charge in [-0.3, -0.25) is 0 Å². The van der Waals surface area contributed by atoms with Crippen LogP contribution in [0.4, 0.5) is 11.4 Å². The Balaban J connectivity index is 2.62. The molecule has 0 spiro atoms. The van der Waals surface area contributed by atoms with Gasteiger partial charge >= 0.3 is 0 Å². The topological polar surface area (TPSA) is 38.5 Å². The van der Waals surface area contributed by atoms with Crippen molar-refractivity contribution >= 4 is 11.4 Å². The van der Waals surface area contributed by atoms with E-state index in [1.165, 1.54) is 5.56 Å². The van der Waals surface area contributed by atoms with Gasteiger partial charge < -0.3 is 15.4 Å². The second kappa shape index (κ2) is 5.75. The molecule has 0 atom stereocenters. The van der Waals surface area contributed by atoms with Crippen molar-refractivity contribution in [2.75, 3.05) is 30.8 Å². The molecule has 0 bridgehead atoms. The Morgan fingerprint density at radius 1 is 1.38 bits per heavy atom. The normalized spacial score (nSPS) is 10.8. The van der Waals surface area contributed by atoms with Gasteiger partial charge in [-0.05, 0) is 32.4 Å². The molecule has 2 N–H and O–H groups in total. The van der Waals surface area contributed by atoms with Crippen molar-refractivity contribution in [3.63, 3.8) is 0 Å². The number of aryl methyl sites for hydroxylation is 1. The van der Waals surface area contributed by atoms with E-state index < -0.39 is 0 Å². The van der Waals surface area contributed by atoms with Crippen LogP contribution in [-0.2, 0) is 4.74 Å². The number of nitrogens with two attached hydrogens (primary N) is 1. The number of likely N-dealkylation sites (N-methyl/N-ethyl adjacent to an activating group) is 1. The van der Waals surface area contributed by atoms with Gasteiger partial charge in [0.15, 0.2) is 0 Å². The summed E-state index contributed by atoms with van der Waals surface area (Å²) in [7, 11) is 2.04. The zero-order chi connectivity index (χ0) is 12.1. The van der Waals surface area contributed by atoms with Gasteiger partial charge in [0.1, 0.15) is 0 Å². The molecule has 1 aromatic carbocycles. The lowest BCUT2D eigenvalue weighted by Crippen LogP contribution is -2.25. The summed E-state index contributed by atoms with van der Waals surface area (Å²) < 4.78 is 5.53. The van der Waals surface area contributed by atoms with Crippen LogP contribution in [0, 0.1) is 6.92 Å². The summed E-state index contributed by atoms with van der Waals surface area (Å²) in [6.45, 7) is 7.74. The van der Waals surface area contributed by atoms with E-state index in [0.29, 0.717) is 0 Å². The Labute approximate surface area is 98.2 Å². The first-order chi connectivity index (χ1) is 7.52. The van der Waals surface area contributed by atoms with Gasteiger partial charge in [-0.25, -0.2) is 0 Å². The van der Waals surface area contributed by atoms with Gasteiger partial charge in [0.05, 0.1) is 24.1 Å². The fourth-order valence-corrected chi connectivity index (χ4v) is 1.74. The molecule has 0 fully saturated rings. The maximum Gasteiger partial charge on any atom is 0.0644 e. The Morgan fingerprint density at radius 2 is 2.06 bits per heavy atom. The van der Waals surface area contributed by atoms with Crippen LogP contribution in [0.25, 0.3) is 0 Å². The number of hydrogen-bond donors (Lipinski definition) is 1. The Kier molecular flexibility index (Phi) is 4.62. The number of hydrogen-bond acceptors (Lipinski definition) is 3. The highest BCUT2D eigenvalue weighted by Gasteiger charge is 2.08. The zero-order valence-corrected chi connectivity index (χ0v) is 10.7. The molecule has 0 aromatic heterocycles. The molecule has 0 amide bonds. The molecule has 16 heavy (non-hydrogen) atoms. The summed E-state index contributed by atoms with van der Waals surface area (Å²) in [4.78, 5) is 2.15. The molecule has 3 nitrogen and oxygen atoms in total. The first-order valence-electron chi connectivity index (χ1n) is 5.70. The van der Waals surface area contributed by atoms with Crippen molar-refractivity contribution in [2.45, 2.75) is 26.9 Å². The molecule has 0 unspecified atom stereocenters. The number of benzene rings is 1. The molecule has 0 saturated carbocycles. The number of ether oxygens (including phenoxy) is 1. The minimum atomic E-state index is 0.280. The van der Waals surface area contributed by atoms with Crippen LogP contribution in [0.15, 0.2) is 18.2 Å². The van der Waals surface area contributed by atoms with Crippen molar-refractivity contribution in [1.29, 1.82) is 0 Å². The molecule has 0 aliphatic carbocycles. The lowest BCUT2D eigenvalue weighted by atomic mass is 10.1. The van der Waals surface area contributed by atoms with Gasteiger partial charge in [0.2, 0.25) is 0 Å². The van der Waals surface area contributed by atoms with Gasteiger partial charge in [-0.15, -0.1) is 0 Å². The standard InChI is InChI=1S/C13H22N2O/c1-10(2)16-9-8-15(4)13-11(3)6-5-7-12(13)14/h5-7,10H,8-9,14H2,1-4H3. The van der Waals surface area contributed by atoms with Crippen LogP contribution in [0.1, 0.15) is 19.4 Å². The molecule has 0 aliphatic heterocycles. The fourth-order valence-electron chi connectivity index (χ4n) is 1.74. The average molecular weight is 222 g/mol. The summed E-state index contributed by atoms with van der Waals surface area (Å²) in [6.07, 6.45) is 0.280. The monoisotopic (exact) mass is 222 g/mol. The van der Waals surface area contributed by atoms with Gasteiger partial charge in [0, 0.05) is 13.6 Å². The smallest absolute Gasteiger partial charge is 0.0644 e. The van der Waals surface area contributed by atoms with Gasteiger partial charge in [0.25, 0.3) is 0 Å². The van der Waals surface area contributed by atoms with Gasteiger partial charge in [-0.1, -0.05) is 12.1 Å². The average Bonchev–Trinajstić information content (AvgIpc) is 2.16. The highest BCUT2D eigenvalue weighted by atomic mass is 16.5. The minimum absolute atomic E-state index is 0.280. The lowest BCUT2D eigenvalue weighted by Gasteiger charge is -2.23. The molecule has 0 heterocycles. The second-order valence-corrected chi connectivity index (χ2v) is 4.35. The van der Waals surface area contributed by atoms with E-state index in [9.17, 15) is 0 Å². The third-order valence-corrected chi connectivity index (χ3v) is 2.53.